The number of hydrogen-bond donors (Lipinski definition) is 0. The van der Waals surface area contributed by atoms with Gasteiger partial charge in [-0.1, -0.05) is 26.8 Å². The summed E-state index contributed by atoms with van der Waals surface area (Å²) < 4.78 is 18.4. The van der Waals surface area contributed by atoms with Gasteiger partial charge in [-0.25, -0.2) is 13.5 Å². The van der Waals surface area contributed by atoms with Crippen LogP contribution >= 0.6 is 0 Å². The Labute approximate surface area is 155 Å². The second-order valence-corrected chi connectivity index (χ2v) is 8.96. The monoisotopic (exact) mass is 351 g/mol. The second kappa shape index (κ2) is 5.94. The van der Waals surface area contributed by atoms with Crippen LogP contribution in [0.4, 0.5) is 4.39 Å². The van der Waals surface area contributed by atoms with Crippen LogP contribution in [0.2, 0.25) is 0 Å². The van der Waals surface area contributed by atoms with E-state index in [4.69, 9.17) is 0 Å². The highest BCUT2D eigenvalue weighted by Crippen LogP contribution is 2.32. The normalized spacial score (nSPS) is 14.2. The molecule has 0 aliphatic carbocycles. The first-order valence-corrected chi connectivity index (χ1v) is 9.55. The lowest BCUT2D eigenvalue weighted by Gasteiger charge is -2.19. The van der Waals surface area contributed by atoms with Crippen LogP contribution in [-0.2, 0) is 26.4 Å². The van der Waals surface area contributed by atoms with E-state index in [1.54, 1.807) is 12.1 Å². The molecular weight excluding hydrogens is 323 g/mol. The Bertz CT molecular complexity index is 1010. The largest absolute Gasteiger partial charge is 0.289 e. The molecular formula is C23H28FN2+. The van der Waals surface area contributed by atoms with Crippen LogP contribution in [0.1, 0.15) is 43.9 Å². The molecule has 1 aromatic heterocycles. The highest BCUT2D eigenvalue weighted by Gasteiger charge is 2.30. The van der Waals surface area contributed by atoms with E-state index in [0.29, 0.717) is 0 Å². The van der Waals surface area contributed by atoms with Crippen LogP contribution in [0.25, 0.3) is 22.4 Å². The first-order valence-electron chi connectivity index (χ1n) is 9.55. The fourth-order valence-electron chi connectivity index (χ4n) is 4.47. The minimum atomic E-state index is -0.170. The molecule has 0 saturated heterocycles. The summed E-state index contributed by atoms with van der Waals surface area (Å²) in [6.45, 7) is 9.90. The van der Waals surface area contributed by atoms with E-state index >= 15 is 0 Å². The lowest BCUT2D eigenvalue weighted by Crippen LogP contribution is -2.39. The molecule has 2 heterocycles. The maximum absolute atomic E-state index is 13.6. The van der Waals surface area contributed by atoms with E-state index in [1.807, 2.05) is 13.0 Å². The molecule has 3 heteroatoms. The Kier molecular flexibility index (Phi) is 3.94. The van der Waals surface area contributed by atoms with E-state index < -0.39 is 0 Å². The van der Waals surface area contributed by atoms with Crippen LogP contribution in [0, 0.1) is 18.2 Å². The summed E-state index contributed by atoms with van der Waals surface area (Å²) in [4.78, 5) is 0. The third kappa shape index (κ3) is 2.84. The standard InChI is InChI=1S/C23H28FN2/c1-15-11-18(24)8-9-19(15)22-25(5)20-13-16(14-23(2,3)4)12-17-7-6-10-26(22)21(17)20/h8-9,11-13H,6-7,10,14H2,1-5H3/q+1. The van der Waals surface area contributed by atoms with Gasteiger partial charge in [0, 0.05) is 5.56 Å². The molecule has 0 bridgehead atoms. The van der Waals surface area contributed by atoms with Crippen molar-refractivity contribution in [2.45, 2.75) is 53.5 Å². The predicted octanol–water partition coefficient (Wildman–Crippen LogP) is 5.12. The van der Waals surface area contributed by atoms with Crippen molar-refractivity contribution in [2.75, 3.05) is 0 Å². The van der Waals surface area contributed by atoms with Crippen molar-refractivity contribution in [3.63, 3.8) is 0 Å². The van der Waals surface area contributed by atoms with Gasteiger partial charge in [0.05, 0.1) is 19.2 Å². The molecule has 2 nitrogen and oxygen atoms in total. The summed E-state index contributed by atoms with van der Waals surface area (Å²) in [5.74, 6) is 1.02. The van der Waals surface area contributed by atoms with Crippen molar-refractivity contribution in [3.05, 3.63) is 52.8 Å². The van der Waals surface area contributed by atoms with E-state index in [1.165, 1.54) is 28.0 Å². The van der Waals surface area contributed by atoms with Crippen LogP contribution in [0.3, 0.4) is 0 Å². The molecule has 0 atom stereocenters. The van der Waals surface area contributed by atoms with Crippen LogP contribution in [0.5, 0.6) is 0 Å². The molecule has 4 rings (SSSR count). The van der Waals surface area contributed by atoms with Gasteiger partial charge in [0.15, 0.2) is 11.0 Å². The summed E-state index contributed by atoms with van der Waals surface area (Å²) in [7, 11) is 2.15. The molecule has 136 valence electrons. The van der Waals surface area contributed by atoms with Gasteiger partial charge in [-0.05, 0) is 67.0 Å². The zero-order chi connectivity index (χ0) is 18.6. The van der Waals surface area contributed by atoms with Crippen molar-refractivity contribution in [3.8, 4) is 11.4 Å². The van der Waals surface area contributed by atoms with Crippen molar-refractivity contribution in [1.29, 1.82) is 0 Å². The van der Waals surface area contributed by atoms with Gasteiger partial charge >= 0.3 is 0 Å². The Hall–Kier alpha value is -2.16. The number of nitrogens with zero attached hydrogens (tertiary/aromatic N) is 2. The summed E-state index contributed by atoms with van der Waals surface area (Å²) in [6, 6.07) is 9.89. The number of hydrogen-bond acceptors (Lipinski definition) is 0. The minimum Gasteiger partial charge on any atom is -0.226 e. The molecule has 1 aliphatic heterocycles. The fraction of sp³-hybridized carbons (Fsp3) is 0.435. The fourth-order valence-corrected chi connectivity index (χ4v) is 4.47. The van der Waals surface area contributed by atoms with Gasteiger partial charge in [0.1, 0.15) is 5.82 Å². The molecule has 0 fully saturated rings. The average Bonchev–Trinajstić information content (AvgIpc) is 2.80. The number of imidazole rings is 1. The summed E-state index contributed by atoms with van der Waals surface area (Å²) in [5.41, 5.74) is 7.89. The van der Waals surface area contributed by atoms with E-state index in [2.05, 4.69) is 49.1 Å². The Morgan fingerprint density at radius 1 is 1.15 bits per heavy atom. The smallest absolute Gasteiger partial charge is 0.226 e. The maximum atomic E-state index is 13.6. The van der Waals surface area contributed by atoms with E-state index in [0.717, 1.165) is 36.9 Å². The van der Waals surface area contributed by atoms with Crippen molar-refractivity contribution < 1.29 is 8.96 Å². The molecule has 0 unspecified atom stereocenters. The summed E-state index contributed by atoms with van der Waals surface area (Å²) in [5, 5.41) is 0. The summed E-state index contributed by atoms with van der Waals surface area (Å²) in [6.07, 6.45) is 3.37. The van der Waals surface area contributed by atoms with Crippen LogP contribution in [-0.4, -0.2) is 4.57 Å². The van der Waals surface area contributed by atoms with Gasteiger partial charge in [-0.2, -0.15) is 0 Å². The third-order valence-corrected chi connectivity index (χ3v) is 5.42. The van der Waals surface area contributed by atoms with E-state index in [-0.39, 0.29) is 11.2 Å². The topological polar surface area (TPSA) is 8.81 Å². The lowest BCUT2D eigenvalue weighted by molar-refractivity contribution is -0.664. The average molecular weight is 351 g/mol. The second-order valence-electron chi connectivity index (χ2n) is 8.96. The minimum absolute atomic E-state index is 0.170. The molecule has 0 saturated carbocycles. The number of rotatable bonds is 2. The van der Waals surface area contributed by atoms with Crippen LogP contribution in [0.15, 0.2) is 30.3 Å². The lowest BCUT2D eigenvalue weighted by atomic mass is 9.87. The highest BCUT2D eigenvalue weighted by molar-refractivity contribution is 5.81. The molecule has 0 amide bonds. The predicted molar refractivity (Wildman–Crippen MR) is 105 cm³/mol. The summed E-state index contributed by atoms with van der Waals surface area (Å²) >= 11 is 0. The number of aryl methyl sites for hydroxylation is 4. The molecule has 1 aliphatic rings. The number of halogens is 1. The quantitative estimate of drug-likeness (QED) is 0.567. The third-order valence-electron chi connectivity index (χ3n) is 5.42. The van der Waals surface area contributed by atoms with Crippen molar-refractivity contribution in [1.82, 2.24) is 4.57 Å². The zero-order valence-corrected chi connectivity index (χ0v) is 16.5. The molecule has 0 spiro atoms. The molecule has 0 N–H and O–H groups in total. The zero-order valence-electron chi connectivity index (χ0n) is 16.5. The van der Waals surface area contributed by atoms with Crippen molar-refractivity contribution in [2.24, 2.45) is 12.5 Å². The molecule has 2 aromatic carbocycles. The highest BCUT2D eigenvalue weighted by atomic mass is 19.1. The van der Waals surface area contributed by atoms with E-state index in [9.17, 15) is 4.39 Å². The molecule has 26 heavy (non-hydrogen) atoms. The number of benzene rings is 2. The number of aromatic nitrogens is 2. The van der Waals surface area contributed by atoms with Gasteiger partial charge in [0.25, 0.3) is 5.82 Å². The maximum Gasteiger partial charge on any atom is 0.289 e. The molecule has 3 aromatic rings. The van der Waals surface area contributed by atoms with Crippen molar-refractivity contribution >= 4 is 11.0 Å². The van der Waals surface area contributed by atoms with Crippen LogP contribution < -0.4 is 4.57 Å². The molecule has 0 radical (unpaired) electrons. The van der Waals surface area contributed by atoms with Gasteiger partial charge in [-0.15, -0.1) is 0 Å². The first kappa shape index (κ1) is 17.3. The Morgan fingerprint density at radius 3 is 2.62 bits per heavy atom. The Balaban J connectivity index is 1.99. The van der Waals surface area contributed by atoms with Gasteiger partial charge in [-0.3, -0.25) is 0 Å². The first-order chi connectivity index (χ1) is 12.2. The van der Waals surface area contributed by atoms with Gasteiger partial charge < -0.3 is 0 Å². The van der Waals surface area contributed by atoms with Gasteiger partial charge in [0.2, 0.25) is 0 Å². The Morgan fingerprint density at radius 2 is 1.92 bits per heavy atom. The SMILES string of the molecule is Cc1cc(F)ccc1-c1n(C)c2cc(CC(C)(C)C)cc3c2[n+]1CCC3.